The summed E-state index contributed by atoms with van der Waals surface area (Å²) in [7, 11) is 0. The van der Waals surface area contributed by atoms with Crippen molar-refractivity contribution in [3.63, 3.8) is 0 Å². The molecule has 0 unspecified atom stereocenters. The van der Waals surface area contributed by atoms with E-state index in [9.17, 15) is 4.39 Å². The summed E-state index contributed by atoms with van der Waals surface area (Å²) < 4.78 is 12.5. The van der Waals surface area contributed by atoms with E-state index in [4.69, 9.17) is 23.2 Å². The molecule has 0 heterocycles. The van der Waals surface area contributed by atoms with Crippen molar-refractivity contribution in [2.45, 2.75) is 11.8 Å². The summed E-state index contributed by atoms with van der Waals surface area (Å²) in [4.78, 5) is -0.574. The third-order valence-corrected chi connectivity index (χ3v) is 1.94. The third kappa shape index (κ3) is 2.08. The molecule has 1 aromatic carbocycles. The number of hydrogen-bond donors (Lipinski definition) is 0. The summed E-state index contributed by atoms with van der Waals surface area (Å²) >= 11 is 11.2. The first kappa shape index (κ1) is 8.82. The number of benzene rings is 1. The fourth-order valence-electron chi connectivity index (χ4n) is 0.884. The Morgan fingerprint density at radius 2 is 2.00 bits per heavy atom. The second kappa shape index (κ2) is 3.42. The van der Waals surface area contributed by atoms with Crippen LogP contribution in [0, 0.1) is 12.7 Å². The van der Waals surface area contributed by atoms with Gasteiger partial charge in [-0.1, -0.05) is 6.07 Å². The van der Waals surface area contributed by atoms with Gasteiger partial charge < -0.3 is 0 Å². The highest BCUT2D eigenvalue weighted by Gasteiger charge is 2.06. The van der Waals surface area contributed by atoms with E-state index in [0.717, 1.165) is 11.1 Å². The summed E-state index contributed by atoms with van der Waals surface area (Å²) in [5, 5.41) is 0. The molecule has 0 aliphatic carbocycles. The molecule has 0 aromatic heterocycles. The molecule has 60 valence electrons. The van der Waals surface area contributed by atoms with Crippen LogP contribution >= 0.6 is 23.2 Å². The molecule has 0 nitrogen and oxygen atoms in total. The van der Waals surface area contributed by atoms with Crippen LogP contribution in [-0.2, 0) is 0 Å². The van der Waals surface area contributed by atoms with Gasteiger partial charge in [0.15, 0.2) is 0 Å². The molecule has 1 aromatic rings. The average molecular weight is 193 g/mol. The van der Waals surface area contributed by atoms with E-state index < -0.39 is 4.84 Å². The van der Waals surface area contributed by atoms with E-state index in [1.807, 2.05) is 0 Å². The van der Waals surface area contributed by atoms with Crippen molar-refractivity contribution >= 4 is 23.2 Å². The van der Waals surface area contributed by atoms with Gasteiger partial charge in [-0.05, 0) is 30.2 Å². The fraction of sp³-hybridized carbons (Fsp3) is 0.250. The van der Waals surface area contributed by atoms with Gasteiger partial charge in [0.25, 0.3) is 0 Å². The molecule has 0 aliphatic rings. The monoisotopic (exact) mass is 192 g/mol. The molecule has 0 bridgehead atoms. The Hall–Kier alpha value is -0.270. The molecule has 1 rings (SSSR count). The highest BCUT2D eigenvalue weighted by Crippen LogP contribution is 2.27. The van der Waals surface area contributed by atoms with Crippen LogP contribution in [0.4, 0.5) is 4.39 Å². The first-order valence-corrected chi connectivity index (χ1v) is 4.02. The Morgan fingerprint density at radius 3 is 2.45 bits per heavy atom. The van der Waals surface area contributed by atoms with Crippen LogP contribution in [0.5, 0.6) is 0 Å². The van der Waals surface area contributed by atoms with Gasteiger partial charge in [0, 0.05) is 0 Å². The Balaban J connectivity index is 3.09. The van der Waals surface area contributed by atoms with Crippen LogP contribution in [0.15, 0.2) is 18.2 Å². The molecule has 0 N–H and O–H groups in total. The number of rotatable bonds is 1. The maximum atomic E-state index is 12.5. The van der Waals surface area contributed by atoms with Crippen molar-refractivity contribution < 1.29 is 4.39 Å². The predicted molar refractivity (Wildman–Crippen MR) is 45.6 cm³/mol. The molecule has 0 aliphatic heterocycles. The van der Waals surface area contributed by atoms with Crippen molar-refractivity contribution in [2.24, 2.45) is 0 Å². The molecule has 0 saturated carbocycles. The normalized spacial score (nSPS) is 10.6. The summed E-state index contributed by atoms with van der Waals surface area (Å²) in [5.41, 5.74) is 1.54. The molecule has 11 heavy (non-hydrogen) atoms. The first-order chi connectivity index (χ1) is 5.11. The largest absolute Gasteiger partial charge is 0.207 e. The zero-order valence-corrected chi connectivity index (χ0v) is 7.46. The molecular formula is C8H7Cl2F. The average Bonchev–Trinajstić information content (AvgIpc) is 1.85. The van der Waals surface area contributed by atoms with Crippen LogP contribution in [0.1, 0.15) is 16.0 Å². The maximum Gasteiger partial charge on any atom is 0.133 e. The van der Waals surface area contributed by atoms with Gasteiger partial charge in [-0.3, -0.25) is 0 Å². The van der Waals surface area contributed by atoms with E-state index in [0.29, 0.717) is 0 Å². The van der Waals surface area contributed by atoms with Gasteiger partial charge in [-0.15, -0.1) is 23.2 Å². The molecular weight excluding hydrogens is 186 g/mol. The number of alkyl halides is 2. The Bertz CT molecular complexity index is 258. The second-order valence-electron chi connectivity index (χ2n) is 2.30. The minimum Gasteiger partial charge on any atom is -0.207 e. The molecule has 0 saturated heterocycles. The minimum absolute atomic E-state index is 0.264. The standard InChI is InChI=1S/C8H7Cl2F/c1-5-4-6(11)2-3-7(5)8(9)10/h2-4,8H,1H3. The number of aryl methyl sites for hydroxylation is 1. The topological polar surface area (TPSA) is 0 Å². The SMILES string of the molecule is Cc1cc(F)ccc1C(Cl)Cl. The van der Waals surface area contributed by atoms with Crippen LogP contribution < -0.4 is 0 Å². The minimum atomic E-state index is -0.574. The highest BCUT2D eigenvalue weighted by molar-refractivity contribution is 6.44. The molecule has 0 spiro atoms. The zero-order valence-electron chi connectivity index (χ0n) is 5.94. The van der Waals surface area contributed by atoms with Crippen LogP contribution in [-0.4, -0.2) is 0 Å². The zero-order chi connectivity index (χ0) is 8.43. The first-order valence-electron chi connectivity index (χ1n) is 3.15. The highest BCUT2D eigenvalue weighted by atomic mass is 35.5. The van der Waals surface area contributed by atoms with E-state index in [1.54, 1.807) is 13.0 Å². The number of halogens is 3. The lowest BCUT2D eigenvalue weighted by molar-refractivity contribution is 0.626. The third-order valence-electron chi connectivity index (χ3n) is 1.47. The van der Waals surface area contributed by atoms with Crippen molar-refractivity contribution in [1.29, 1.82) is 0 Å². The van der Waals surface area contributed by atoms with Crippen molar-refractivity contribution in [3.8, 4) is 0 Å². The Labute approximate surface area is 74.9 Å². The summed E-state index contributed by atoms with van der Waals surface area (Å²) in [6, 6.07) is 4.35. The smallest absolute Gasteiger partial charge is 0.133 e. The van der Waals surface area contributed by atoms with Gasteiger partial charge in [0.1, 0.15) is 10.7 Å². The van der Waals surface area contributed by atoms with Gasteiger partial charge in [0.05, 0.1) is 0 Å². The van der Waals surface area contributed by atoms with E-state index >= 15 is 0 Å². The summed E-state index contributed by atoms with van der Waals surface area (Å²) in [6.45, 7) is 1.77. The van der Waals surface area contributed by atoms with Crippen molar-refractivity contribution in [3.05, 3.63) is 35.1 Å². The van der Waals surface area contributed by atoms with Gasteiger partial charge in [0.2, 0.25) is 0 Å². The van der Waals surface area contributed by atoms with E-state index in [-0.39, 0.29) is 5.82 Å². The van der Waals surface area contributed by atoms with Crippen LogP contribution in [0.25, 0.3) is 0 Å². The van der Waals surface area contributed by atoms with Gasteiger partial charge >= 0.3 is 0 Å². The predicted octanol–water partition coefficient (Wildman–Crippen LogP) is 3.61. The van der Waals surface area contributed by atoms with Gasteiger partial charge in [-0.2, -0.15) is 0 Å². The quantitative estimate of drug-likeness (QED) is 0.597. The summed E-state index contributed by atoms with van der Waals surface area (Å²) in [6.07, 6.45) is 0. The van der Waals surface area contributed by atoms with Gasteiger partial charge in [-0.25, -0.2) is 4.39 Å². The fourth-order valence-corrected chi connectivity index (χ4v) is 1.37. The van der Waals surface area contributed by atoms with Crippen LogP contribution in [0.3, 0.4) is 0 Å². The Morgan fingerprint density at radius 1 is 1.36 bits per heavy atom. The maximum absolute atomic E-state index is 12.5. The lowest BCUT2D eigenvalue weighted by atomic mass is 10.1. The molecule has 0 atom stereocenters. The molecule has 0 fully saturated rings. The lowest BCUT2D eigenvalue weighted by Crippen LogP contribution is -1.88. The van der Waals surface area contributed by atoms with Crippen molar-refractivity contribution in [2.75, 3.05) is 0 Å². The summed E-state index contributed by atoms with van der Waals surface area (Å²) in [5.74, 6) is -0.264. The molecule has 3 heteroatoms. The molecule has 0 amide bonds. The number of hydrogen-bond acceptors (Lipinski definition) is 0. The van der Waals surface area contributed by atoms with E-state index in [2.05, 4.69) is 0 Å². The Kier molecular flexibility index (Phi) is 2.74. The van der Waals surface area contributed by atoms with Crippen molar-refractivity contribution in [1.82, 2.24) is 0 Å². The van der Waals surface area contributed by atoms with E-state index in [1.165, 1.54) is 12.1 Å². The molecule has 0 radical (unpaired) electrons. The second-order valence-corrected chi connectivity index (χ2v) is 3.40. The van der Waals surface area contributed by atoms with Crippen LogP contribution in [0.2, 0.25) is 0 Å². The lowest BCUT2D eigenvalue weighted by Gasteiger charge is -2.04.